The Bertz CT molecular complexity index is 880. The highest BCUT2D eigenvalue weighted by Gasteiger charge is 2.28. The summed E-state index contributed by atoms with van der Waals surface area (Å²) < 4.78 is 32.2. The molecule has 32 heavy (non-hydrogen) atoms. The molecule has 0 heterocycles. The smallest absolute Gasteiger partial charge is 0.338 e. The molecular weight excluding hydrogens is 416 g/mol. The van der Waals surface area contributed by atoms with Gasteiger partial charge in [-0.25, -0.2) is 9.59 Å². The number of benzene rings is 2. The first-order chi connectivity index (χ1) is 15.5. The van der Waals surface area contributed by atoms with Crippen LogP contribution in [0, 0.1) is 0 Å². The van der Waals surface area contributed by atoms with Gasteiger partial charge in [-0.05, 0) is 55.7 Å². The first-order valence-corrected chi connectivity index (χ1v) is 10.3. The van der Waals surface area contributed by atoms with Gasteiger partial charge in [0.1, 0.15) is 12.2 Å². The fraction of sp³-hybridized carbons (Fsp3) is 0.417. The molecule has 0 saturated heterocycles. The van der Waals surface area contributed by atoms with Crippen molar-refractivity contribution in [2.45, 2.75) is 37.9 Å². The molecule has 1 saturated carbocycles. The summed E-state index contributed by atoms with van der Waals surface area (Å²) in [5.74, 6) is 1.05. The van der Waals surface area contributed by atoms with Crippen molar-refractivity contribution in [2.75, 3.05) is 28.4 Å². The van der Waals surface area contributed by atoms with Gasteiger partial charge in [0.25, 0.3) is 0 Å². The summed E-state index contributed by atoms with van der Waals surface area (Å²) in [6, 6.07) is 9.73. The van der Waals surface area contributed by atoms with Gasteiger partial charge < -0.3 is 28.4 Å². The fourth-order valence-electron chi connectivity index (χ4n) is 3.68. The van der Waals surface area contributed by atoms with Crippen LogP contribution in [0.1, 0.15) is 46.4 Å². The molecular formula is C24H28O8. The number of methoxy groups -OCH3 is 4. The van der Waals surface area contributed by atoms with E-state index in [1.807, 2.05) is 0 Å². The Morgan fingerprint density at radius 3 is 1.44 bits per heavy atom. The number of esters is 2. The first-order valence-electron chi connectivity index (χ1n) is 10.3. The number of rotatable bonds is 8. The third kappa shape index (κ3) is 5.43. The standard InChI is InChI=1S/C24H28O8/c1-27-19-10-8-15(12-21(19)29-3)23(25)31-17-6-5-7-18(14-17)32-24(26)16-9-11-20(28-2)22(13-16)30-4/h8-13,17-18H,5-7,14H2,1-4H3. The van der Waals surface area contributed by atoms with Crippen LogP contribution < -0.4 is 18.9 Å². The predicted octanol–water partition coefficient (Wildman–Crippen LogP) is 4.05. The van der Waals surface area contributed by atoms with Crippen LogP contribution in [0.4, 0.5) is 0 Å². The summed E-state index contributed by atoms with van der Waals surface area (Å²) >= 11 is 0. The van der Waals surface area contributed by atoms with Crippen LogP contribution in [0.2, 0.25) is 0 Å². The zero-order valence-corrected chi connectivity index (χ0v) is 18.7. The highest BCUT2D eigenvalue weighted by atomic mass is 16.6. The van der Waals surface area contributed by atoms with Crippen molar-refractivity contribution in [1.82, 2.24) is 0 Å². The summed E-state index contributed by atoms with van der Waals surface area (Å²) in [6.45, 7) is 0. The van der Waals surface area contributed by atoms with Crippen molar-refractivity contribution in [3.63, 3.8) is 0 Å². The Balaban J connectivity index is 1.60. The van der Waals surface area contributed by atoms with E-state index in [2.05, 4.69) is 0 Å². The number of hydrogen-bond acceptors (Lipinski definition) is 8. The number of carbonyl (C=O) groups excluding carboxylic acids is 2. The molecule has 2 atom stereocenters. The topological polar surface area (TPSA) is 89.5 Å². The molecule has 172 valence electrons. The van der Waals surface area contributed by atoms with Gasteiger partial charge in [-0.3, -0.25) is 0 Å². The minimum atomic E-state index is -0.456. The van der Waals surface area contributed by atoms with Gasteiger partial charge in [0.2, 0.25) is 0 Å². The van der Waals surface area contributed by atoms with Gasteiger partial charge in [-0.2, -0.15) is 0 Å². The summed E-state index contributed by atoms with van der Waals surface area (Å²) in [5, 5.41) is 0. The molecule has 8 nitrogen and oxygen atoms in total. The summed E-state index contributed by atoms with van der Waals surface area (Å²) in [7, 11) is 6.07. The average molecular weight is 444 g/mol. The predicted molar refractivity (Wildman–Crippen MR) is 116 cm³/mol. The second-order valence-corrected chi connectivity index (χ2v) is 7.36. The Hall–Kier alpha value is -3.42. The molecule has 2 unspecified atom stereocenters. The van der Waals surface area contributed by atoms with Crippen molar-refractivity contribution in [1.29, 1.82) is 0 Å². The molecule has 1 aliphatic carbocycles. The van der Waals surface area contributed by atoms with E-state index in [-0.39, 0.29) is 12.2 Å². The molecule has 0 aliphatic heterocycles. The molecule has 0 bridgehead atoms. The average Bonchev–Trinajstić information content (AvgIpc) is 2.83. The number of ether oxygens (including phenoxy) is 6. The third-order valence-electron chi connectivity index (χ3n) is 5.36. The van der Waals surface area contributed by atoms with Crippen LogP contribution >= 0.6 is 0 Å². The van der Waals surface area contributed by atoms with E-state index in [0.29, 0.717) is 53.4 Å². The van der Waals surface area contributed by atoms with Crippen molar-refractivity contribution < 1.29 is 38.0 Å². The molecule has 0 radical (unpaired) electrons. The first kappa shape index (κ1) is 23.2. The number of hydrogen-bond donors (Lipinski definition) is 0. The maximum Gasteiger partial charge on any atom is 0.338 e. The Kier molecular flexibility index (Phi) is 7.81. The van der Waals surface area contributed by atoms with Gasteiger partial charge in [-0.15, -0.1) is 0 Å². The molecule has 0 amide bonds. The Labute approximate surface area is 187 Å². The van der Waals surface area contributed by atoms with E-state index < -0.39 is 11.9 Å². The van der Waals surface area contributed by atoms with Gasteiger partial charge in [0.15, 0.2) is 23.0 Å². The zero-order chi connectivity index (χ0) is 23.1. The van der Waals surface area contributed by atoms with E-state index in [9.17, 15) is 9.59 Å². The lowest BCUT2D eigenvalue weighted by Crippen LogP contribution is -2.31. The lowest BCUT2D eigenvalue weighted by atomic mass is 9.94. The molecule has 1 fully saturated rings. The van der Waals surface area contributed by atoms with Crippen molar-refractivity contribution in [2.24, 2.45) is 0 Å². The van der Waals surface area contributed by atoms with Gasteiger partial charge in [-0.1, -0.05) is 0 Å². The minimum Gasteiger partial charge on any atom is -0.493 e. The highest BCUT2D eigenvalue weighted by molar-refractivity contribution is 5.91. The summed E-state index contributed by atoms with van der Waals surface area (Å²) in [5.41, 5.74) is 0.735. The SMILES string of the molecule is COc1ccc(C(=O)OC2CCCC(OC(=O)c3ccc(OC)c(OC)c3)C2)cc1OC. The van der Waals surface area contributed by atoms with Crippen LogP contribution in [0.15, 0.2) is 36.4 Å². The fourth-order valence-corrected chi connectivity index (χ4v) is 3.68. The van der Waals surface area contributed by atoms with E-state index >= 15 is 0 Å². The Morgan fingerprint density at radius 2 is 1.06 bits per heavy atom. The Morgan fingerprint density at radius 1 is 0.656 bits per heavy atom. The van der Waals surface area contributed by atoms with Crippen LogP contribution in [0.25, 0.3) is 0 Å². The largest absolute Gasteiger partial charge is 0.493 e. The quantitative estimate of drug-likeness (QED) is 0.564. The lowest BCUT2D eigenvalue weighted by molar-refractivity contribution is -0.0177. The maximum atomic E-state index is 12.6. The van der Waals surface area contributed by atoms with Crippen molar-refractivity contribution in [3.8, 4) is 23.0 Å². The molecule has 8 heteroatoms. The zero-order valence-electron chi connectivity index (χ0n) is 18.7. The maximum absolute atomic E-state index is 12.6. The molecule has 1 aliphatic rings. The minimum absolute atomic E-state index is 0.340. The summed E-state index contributed by atoms with van der Waals surface area (Å²) in [6.07, 6.45) is 1.97. The monoisotopic (exact) mass is 444 g/mol. The van der Waals surface area contributed by atoms with Gasteiger partial charge in [0, 0.05) is 6.42 Å². The van der Waals surface area contributed by atoms with E-state index in [4.69, 9.17) is 28.4 Å². The number of carbonyl (C=O) groups is 2. The lowest BCUT2D eigenvalue weighted by Gasteiger charge is -2.28. The van der Waals surface area contributed by atoms with Gasteiger partial charge >= 0.3 is 11.9 Å². The van der Waals surface area contributed by atoms with E-state index in [1.165, 1.54) is 28.4 Å². The molecule has 0 aromatic heterocycles. The van der Waals surface area contributed by atoms with Crippen molar-refractivity contribution >= 4 is 11.9 Å². The molecule has 3 rings (SSSR count). The molecule has 0 N–H and O–H groups in total. The van der Waals surface area contributed by atoms with Crippen molar-refractivity contribution in [3.05, 3.63) is 47.5 Å². The second kappa shape index (κ2) is 10.7. The normalized spacial score (nSPS) is 17.8. The second-order valence-electron chi connectivity index (χ2n) is 7.36. The molecule has 2 aromatic rings. The van der Waals surface area contributed by atoms with Crippen LogP contribution in [0.5, 0.6) is 23.0 Å². The van der Waals surface area contributed by atoms with E-state index in [0.717, 1.165) is 6.42 Å². The van der Waals surface area contributed by atoms with Crippen LogP contribution in [-0.4, -0.2) is 52.6 Å². The molecule has 0 spiro atoms. The third-order valence-corrected chi connectivity index (χ3v) is 5.36. The van der Waals surface area contributed by atoms with E-state index in [1.54, 1.807) is 36.4 Å². The van der Waals surface area contributed by atoms with Crippen LogP contribution in [0.3, 0.4) is 0 Å². The van der Waals surface area contributed by atoms with Crippen LogP contribution in [-0.2, 0) is 9.47 Å². The van der Waals surface area contributed by atoms with Gasteiger partial charge in [0.05, 0.1) is 39.6 Å². The highest BCUT2D eigenvalue weighted by Crippen LogP contribution is 2.31. The molecule has 2 aromatic carbocycles. The summed E-state index contributed by atoms with van der Waals surface area (Å²) in [4.78, 5) is 25.2.